The summed E-state index contributed by atoms with van der Waals surface area (Å²) in [5.74, 6) is 0.0652. The molecule has 15 heavy (non-hydrogen) atoms. The fraction of sp³-hybridized carbons (Fsp3) is 0.778. The standard InChI is InChI=1S/C9H15I2NO3/c10-4-3-9(14)12-5-7-15-6-1-2-8(11)13/h1-7H2,(H,12,14). The van der Waals surface area contributed by atoms with Gasteiger partial charge in [0.05, 0.1) is 6.61 Å². The molecule has 0 unspecified atom stereocenters. The largest absolute Gasteiger partial charge is 0.380 e. The van der Waals surface area contributed by atoms with Crippen LogP contribution in [0.5, 0.6) is 0 Å². The van der Waals surface area contributed by atoms with Gasteiger partial charge in [-0.3, -0.25) is 9.59 Å². The lowest BCUT2D eigenvalue weighted by molar-refractivity contribution is -0.120. The molecule has 0 aliphatic carbocycles. The van der Waals surface area contributed by atoms with Crippen LogP contribution in [-0.2, 0) is 14.3 Å². The van der Waals surface area contributed by atoms with Crippen molar-refractivity contribution in [3.63, 3.8) is 0 Å². The topological polar surface area (TPSA) is 55.4 Å². The van der Waals surface area contributed by atoms with Gasteiger partial charge < -0.3 is 10.1 Å². The maximum atomic E-state index is 11.0. The van der Waals surface area contributed by atoms with Crippen LogP contribution in [0.3, 0.4) is 0 Å². The van der Waals surface area contributed by atoms with E-state index in [1.165, 1.54) is 0 Å². The zero-order valence-corrected chi connectivity index (χ0v) is 12.7. The number of carbonyl (C=O) groups excluding carboxylic acids is 2. The van der Waals surface area contributed by atoms with E-state index >= 15 is 0 Å². The smallest absolute Gasteiger partial charge is 0.220 e. The van der Waals surface area contributed by atoms with Crippen LogP contribution in [-0.4, -0.2) is 33.9 Å². The first kappa shape index (κ1) is 15.6. The van der Waals surface area contributed by atoms with Gasteiger partial charge in [-0.05, 0) is 29.0 Å². The Balaban J connectivity index is 3.11. The molecule has 1 N–H and O–H groups in total. The third-order valence-electron chi connectivity index (χ3n) is 1.55. The monoisotopic (exact) mass is 439 g/mol. The highest BCUT2D eigenvalue weighted by Crippen LogP contribution is 1.97. The first-order valence-electron chi connectivity index (χ1n) is 4.75. The fourth-order valence-corrected chi connectivity index (χ4v) is 1.72. The van der Waals surface area contributed by atoms with E-state index in [1.54, 1.807) is 22.6 Å². The Labute approximate surface area is 117 Å². The second kappa shape index (κ2) is 11.1. The third-order valence-corrected chi connectivity index (χ3v) is 2.63. The van der Waals surface area contributed by atoms with Crippen LogP contribution in [0.4, 0.5) is 0 Å². The van der Waals surface area contributed by atoms with Crippen LogP contribution in [0.2, 0.25) is 0 Å². The van der Waals surface area contributed by atoms with E-state index in [-0.39, 0.29) is 9.70 Å². The van der Waals surface area contributed by atoms with Crippen molar-refractivity contribution in [1.82, 2.24) is 5.32 Å². The fourth-order valence-electron chi connectivity index (χ4n) is 0.852. The van der Waals surface area contributed by atoms with Crippen molar-refractivity contribution >= 4 is 54.9 Å². The Bertz CT molecular complexity index is 200. The number of ether oxygens (including phenoxy) is 1. The molecule has 0 aromatic heterocycles. The van der Waals surface area contributed by atoms with Crippen LogP contribution in [0.1, 0.15) is 19.3 Å². The molecule has 0 aliphatic heterocycles. The van der Waals surface area contributed by atoms with Gasteiger partial charge >= 0.3 is 0 Å². The summed E-state index contributed by atoms with van der Waals surface area (Å²) in [5, 5.41) is 2.75. The maximum Gasteiger partial charge on any atom is 0.220 e. The molecule has 0 saturated heterocycles. The minimum atomic E-state index is 0.0652. The van der Waals surface area contributed by atoms with E-state index in [0.29, 0.717) is 32.6 Å². The number of hydrogen-bond donors (Lipinski definition) is 1. The lowest BCUT2D eigenvalue weighted by Gasteiger charge is -2.04. The first-order chi connectivity index (χ1) is 7.16. The highest BCUT2D eigenvalue weighted by Gasteiger charge is 1.98. The van der Waals surface area contributed by atoms with E-state index in [4.69, 9.17) is 4.74 Å². The van der Waals surface area contributed by atoms with Gasteiger partial charge in [0.1, 0.15) is 0 Å². The van der Waals surface area contributed by atoms with Gasteiger partial charge in [0.2, 0.25) is 5.91 Å². The van der Waals surface area contributed by atoms with E-state index in [0.717, 1.165) is 10.8 Å². The predicted molar refractivity (Wildman–Crippen MR) is 75.6 cm³/mol. The summed E-state index contributed by atoms with van der Waals surface area (Å²) in [6.07, 6.45) is 1.87. The van der Waals surface area contributed by atoms with Gasteiger partial charge in [-0.25, -0.2) is 0 Å². The number of hydrogen-bond acceptors (Lipinski definition) is 3. The summed E-state index contributed by atoms with van der Waals surface area (Å²) in [5.41, 5.74) is 0. The quantitative estimate of drug-likeness (QED) is 0.258. The van der Waals surface area contributed by atoms with Gasteiger partial charge in [0.25, 0.3) is 0 Å². The number of halogens is 2. The van der Waals surface area contributed by atoms with Gasteiger partial charge in [-0.15, -0.1) is 0 Å². The summed E-state index contributed by atoms with van der Waals surface area (Å²) in [6.45, 7) is 1.65. The molecule has 0 spiro atoms. The molecule has 0 fully saturated rings. The summed E-state index contributed by atoms with van der Waals surface area (Å²) in [7, 11) is 0. The summed E-state index contributed by atoms with van der Waals surface area (Å²) < 4.78 is 6.23. The van der Waals surface area contributed by atoms with Crippen molar-refractivity contribution in [2.24, 2.45) is 0 Å². The Hall–Kier alpha value is 0.560. The summed E-state index contributed by atoms with van der Waals surface area (Å²) in [4.78, 5) is 21.6. The second-order valence-corrected chi connectivity index (χ2v) is 5.14. The zero-order valence-electron chi connectivity index (χ0n) is 8.43. The minimum absolute atomic E-state index is 0.0652. The number of carbonyl (C=O) groups is 2. The first-order valence-corrected chi connectivity index (χ1v) is 7.36. The molecule has 0 saturated carbocycles. The number of rotatable bonds is 9. The number of alkyl halides is 1. The van der Waals surface area contributed by atoms with Crippen molar-refractivity contribution in [1.29, 1.82) is 0 Å². The van der Waals surface area contributed by atoms with Crippen molar-refractivity contribution < 1.29 is 14.3 Å². The normalized spacial score (nSPS) is 10.0. The molecule has 0 aliphatic rings. The summed E-state index contributed by atoms with van der Waals surface area (Å²) >= 11 is 3.94. The van der Waals surface area contributed by atoms with Crippen LogP contribution in [0, 0.1) is 0 Å². The van der Waals surface area contributed by atoms with E-state index < -0.39 is 0 Å². The number of amides is 1. The molecule has 0 rings (SSSR count). The minimum Gasteiger partial charge on any atom is -0.380 e. The van der Waals surface area contributed by atoms with Gasteiger partial charge in [0, 0.05) is 30.4 Å². The molecule has 1 amide bonds. The molecule has 4 nitrogen and oxygen atoms in total. The van der Waals surface area contributed by atoms with Crippen molar-refractivity contribution in [2.45, 2.75) is 19.3 Å². The molecule has 0 aromatic rings. The average molecular weight is 439 g/mol. The Morgan fingerprint density at radius 3 is 2.53 bits per heavy atom. The average Bonchev–Trinajstić information content (AvgIpc) is 2.16. The lowest BCUT2D eigenvalue weighted by atomic mass is 10.3. The van der Waals surface area contributed by atoms with Gasteiger partial charge in [-0.1, -0.05) is 22.6 Å². The van der Waals surface area contributed by atoms with Gasteiger partial charge in [0.15, 0.2) is 3.79 Å². The highest BCUT2D eigenvalue weighted by molar-refractivity contribution is 14.1. The molecular weight excluding hydrogens is 424 g/mol. The SMILES string of the molecule is O=C(I)CCCOCCNC(=O)CCI. The Morgan fingerprint density at radius 2 is 1.93 bits per heavy atom. The van der Waals surface area contributed by atoms with Gasteiger partial charge in [-0.2, -0.15) is 0 Å². The molecule has 88 valence electrons. The Kier molecular flexibility index (Phi) is 11.5. The molecule has 0 atom stereocenters. The van der Waals surface area contributed by atoms with Crippen molar-refractivity contribution in [2.75, 3.05) is 24.2 Å². The van der Waals surface area contributed by atoms with Crippen LogP contribution in [0.15, 0.2) is 0 Å². The van der Waals surface area contributed by atoms with Crippen molar-refractivity contribution in [3.05, 3.63) is 0 Å². The second-order valence-electron chi connectivity index (χ2n) is 2.86. The van der Waals surface area contributed by atoms with Crippen LogP contribution in [0.25, 0.3) is 0 Å². The van der Waals surface area contributed by atoms with Crippen LogP contribution >= 0.6 is 45.2 Å². The van der Waals surface area contributed by atoms with Crippen molar-refractivity contribution in [3.8, 4) is 0 Å². The third kappa shape index (κ3) is 12.5. The highest BCUT2D eigenvalue weighted by atomic mass is 127. The Morgan fingerprint density at radius 1 is 1.20 bits per heavy atom. The zero-order chi connectivity index (χ0) is 11.5. The molecule has 0 heterocycles. The van der Waals surface area contributed by atoms with E-state index in [1.807, 2.05) is 0 Å². The van der Waals surface area contributed by atoms with E-state index in [2.05, 4.69) is 27.9 Å². The number of nitrogens with one attached hydrogen (secondary N) is 1. The molecule has 0 aromatic carbocycles. The molecular formula is C9H15I2NO3. The molecule has 6 heteroatoms. The maximum absolute atomic E-state index is 11.0. The lowest BCUT2D eigenvalue weighted by Crippen LogP contribution is -2.27. The molecule has 0 bridgehead atoms. The molecule has 0 radical (unpaired) electrons. The summed E-state index contributed by atoms with van der Waals surface area (Å²) in [6, 6.07) is 0. The van der Waals surface area contributed by atoms with E-state index in [9.17, 15) is 9.59 Å². The predicted octanol–water partition coefficient (Wildman–Crippen LogP) is 1.69. The van der Waals surface area contributed by atoms with Crippen LogP contribution < -0.4 is 5.32 Å².